The van der Waals surface area contributed by atoms with Crippen molar-refractivity contribution >= 4 is 0 Å². The summed E-state index contributed by atoms with van der Waals surface area (Å²) < 4.78 is 10.7. The van der Waals surface area contributed by atoms with Gasteiger partial charge in [0.25, 0.3) is 0 Å². The summed E-state index contributed by atoms with van der Waals surface area (Å²) >= 11 is 0. The first-order chi connectivity index (χ1) is 9.72. The lowest BCUT2D eigenvalue weighted by Crippen LogP contribution is -2.09. The molecule has 0 bridgehead atoms. The highest BCUT2D eigenvalue weighted by atomic mass is 16.5. The molecule has 2 aromatic rings. The van der Waals surface area contributed by atoms with Crippen molar-refractivity contribution < 1.29 is 14.6 Å². The summed E-state index contributed by atoms with van der Waals surface area (Å²) in [7, 11) is 1.61. The summed E-state index contributed by atoms with van der Waals surface area (Å²) in [5, 5.41) is 10.1. The first-order valence-corrected chi connectivity index (χ1v) is 6.76. The highest BCUT2D eigenvalue weighted by molar-refractivity contribution is 5.33. The molecule has 3 heteroatoms. The number of rotatable bonds is 6. The van der Waals surface area contributed by atoms with Crippen molar-refractivity contribution in [1.82, 2.24) is 0 Å². The lowest BCUT2D eigenvalue weighted by atomic mass is 10.1. The Morgan fingerprint density at radius 2 is 1.75 bits per heavy atom. The molecule has 1 unspecified atom stereocenters. The van der Waals surface area contributed by atoms with Crippen molar-refractivity contribution in [2.75, 3.05) is 13.7 Å². The van der Waals surface area contributed by atoms with Gasteiger partial charge in [0.15, 0.2) is 0 Å². The number of methoxy groups -OCH3 is 1. The molecule has 106 valence electrons. The van der Waals surface area contributed by atoms with Crippen LogP contribution >= 0.6 is 0 Å². The zero-order valence-corrected chi connectivity index (χ0v) is 11.9. The number of ether oxygens (including phenoxy) is 2. The highest BCUT2D eigenvalue weighted by Crippen LogP contribution is 2.21. The smallest absolute Gasteiger partial charge is 0.123 e. The van der Waals surface area contributed by atoms with Crippen molar-refractivity contribution in [3.8, 4) is 11.5 Å². The van der Waals surface area contributed by atoms with E-state index < -0.39 is 6.10 Å². The molecule has 2 rings (SSSR count). The molecule has 3 nitrogen and oxygen atoms in total. The van der Waals surface area contributed by atoms with Crippen LogP contribution in [0.1, 0.15) is 24.2 Å². The minimum atomic E-state index is -0.632. The van der Waals surface area contributed by atoms with Crippen LogP contribution in [0.3, 0.4) is 0 Å². The van der Waals surface area contributed by atoms with Crippen molar-refractivity contribution in [1.29, 1.82) is 0 Å². The molecule has 0 fully saturated rings. The number of hydrogen-bond donors (Lipinski definition) is 1. The lowest BCUT2D eigenvalue weighted by molar-refractivity contribution is 0.108. The minimum Gasteiger partial charge on any atom is -0.497 e. The quantitative estimate of drug-likeness (QED) is 0.876. The predicted molar refractivity (Wildman–Crippen MR) is 79.3 cm³/mol. The van der Waals surface area contributed by atoms with Gasteiger partial charge in [0, 0.05) is 6.07 Å². The van der Waals surface area contributed by atoms with Gasteiger partial charge in [0.05, 0.1) is 7.11 Å². The molecule has 1 N–H and O–H groups in total. The molecule has 0 saturated carbocycles. The van der Waals surface area contributed by atoms with Crippen LogP contribution in [0.4, 0.5) is 0 Å². The SMILES string of the molecule is CCc1ccc(C(O)COc2cccc(OC)c2)cc1. The maximum atomic E-state index is 10.1. The molecular formula is C17H20O3. The molecule has 0 aromatic heterocycles. The Morgan fingerprint density at radius 1 is 1.05 bits per heavy atom. The molecule has 1 atom stereocenters. The first-order valence-electron chi connectivity index (χ1n) is 6.76. The fraction of sp³-hybridized carbons (Fsp3) is 0.294. The van der Waals surface area contributed by atoms with E-state index in [0.717, 1.165) is 17.7 Å². The van der Waals surface area contributed by atoms with Gasteiger partial charge >= 0.3 is 0 Å². The van der Waals surface area contributed by atoms with Crippen LogP contribution in [-0.4, -0.2) is 18.8 Å². The van der Waals surface area contributed by atoms with Crippen LogP contribution in [0.25, 0.3) is 0 Å². The molecule has 0 spiro atoms. The van der Waals surface area contributed by atoms with Gasteiger partial charge in [-0.15, -0.1) is 0 Å². The Balaban J connectivity index is 1.95. The molecule has 0 amide bonds. The first kappa shape index (κ1) is 14.4. The van der Waals surface area contributed by atoms with Crippen LogP contribution in [0, 0.1) is 0 Å². The van der Waals surface area contributed by atoms with E-state index in [1.807, 2.05) is 42.5 Å². The van der Waals surface area contributed by atoms with Crippen molar-refractivity contribution in [2.45, 2.75) is 19.4 Å². The Labute approximate surface area is 119 Å². The van der Waals surface area contributed by atoms with E-state index in [1.54, 1.807) is 13.2 Å². The Hall–Kier alpha value is -2.00. The third-order valence-corrected chi connectivity index (χ3v) is 3.22. The van der Waals surface area contributed by atoms with E-state index in [1.165, 1.54) is 5.56 Å². The van der Waals surface area contributed by atoms with Crippen molar-refractivity contribution in [2.24, 2.45) is 0 Å². The number of aryl methyl sites for hydroxylation is 1. The van der Waals surface area contributed by atoms with Crippen LogP contribution in [0.2, 0.25) is 0 Å². The van der Waals surface area contributed by atoms with E-state index in [2.05, 4.69) is 6.92 Å². The molecule has 0 aliphatic heterocycles. The highest BCUT2D eigenvalue weighted by Gasteiger charge is 2.08. The van der Waals surface area contributed by atoms with E-state index in [0.29, 0.717) is 5.75 Å². The van der Waals surface area contributed by atoms with Gasteiger partial charge in [0.1, 0.15) is 24.2 Å². The summed E-state index contributed by atoms with van der Waals surface area (Å²) in [6, 6.07) is 15.3. The van der Waals surface area contributed by atoms with Gasteiger partial charge in [0.2, 0.25) is 0 Å². The van der Waals surface area contributed by atoms with Crippen molar-refractivity contribution in [3.63, 3.8) is 0 Å². The Kier molecular flexibility index (Phi) is 5.02. The van der Waals surface area contributed by atoms with Crippen LogP contribution < -0.4 is 9.47 Å². The van der Waals surface area contributed by atoms with Gasteiger partial charge < -0.3 is 14.6 Å². The fourth-order valence-corrected chi connectivity index (χ4v) is 1.94. The Morgan fingerprint density at radius 3 is 2.40 bits per heavy atom. The third kappa shape index (κ3) is 3.75. The van der Waals surface area contributed by atoms with Gasteiger partial charge in [-0.2, -0.15) is 0 Å². The van der Waals surface area contributed by atoms with Gasteiger partial charge in [-0.05, 0) is 29.7 Å². The zero-order valence-electron chi connectivity index (χ0n) is 11.9. The van der Waals surface area contributed by atoms with E-state index in [9.17, 15) is 5.11 Å². The molecule has 0 heterocycles. The minimum absolute atomic E-state index is 0.221. The fourth-order valence-electron chi connectivity index (χ4n) is 1.94. The van der Waals surface area contributed by atoms with Crippen LogP contribution in [0.15, 0.2) is 48.5 Å². The predicted octanol–water partition coefficient (Wildman–Crippen LogP) is 3.37. The molecule has 20 heavy (non-hydrogen) atoms. The van der Waals surface area contributed by atoms with Gasteiger partial charge in [-0.1, -0.05) is 37.3 Å². The number of aliphatic hydroxyl groups excluding tert-OH is 1. The van der Waals surface area contributed by atoms with E-state index in [4.69, 9.17) is 9.47 Å². The standard InChI is InChI=1S/C17H20O3/c1-3-13-7-9-14(10-8-13)17(18)12-20-16-6-4-5-15(11-16)19-2/h4-11,17-18H,3,12H2,1-2H3. The van der Waals surface area contributed by atoms with E-state index >= 15 is 0 Å². The number of hydrogen-bond acceptors (Lipinski definition) is 3. The summed E-state index contributed by atoms with van der Waals surface area (Å²) in [5.41, 5.74) is 2.12. The second kappa shape index (κ2) is 6.96. The summed E-state index contributed by atoms with van der Waals surface area (Å²) in [4.78, 5) is 0. The largest absolute Gasteiger partial charge is 0.497 e. The maximum Gasteiger partial charge on any atom is 0.123 e. The molecule has 0 aliphatic carbocycles. The number of benzene rings is 2. The third-order valence-electron chi connectivity index (χ3n) is 3.22. The molecule has 2 aromatic carbocycles. The average molecular weight is 272 g/mol. The van der Waals surface area contributed by atoms with Gasteiger partial charge in [-0.3, -0.25) is 0 Å². The maximum absolute atomic E-state index is 10.1. The summed E-state index contributed by atoms with van der Waals surface area (Å²) in [5.74, 6) is 1.43. The zero-order chi connectivity index (χ0) is 14.4. The van der Waals surface area contributed by atoms with Crippen molar-refractivity contribution in [3.05, 3.63) is 59.7 Å². The second-order valence-corrected chi connectivity index (χ2v) is 4.60. The second-order valence-electron chi connectivity index (χ2n) is 4.60. The summed E-state index contributed by atoms with van der Waals surface area (Å²) in [6.07, 6.45) is 0.364. The monoisotopic (exact) mass is 272 g/mol. The number of aliphatic hydroxyl groups is 1. The topological polar surface area (TPSA) is 38.7 Å². The van der Waals surface area contributed by atoms with Gasteiger partial charge in [-0.25, -0.2) is 0 Å². The Bertz CT molecular complexity index is 534. The lowest BCUT2D eigenvalue weighted by Gasteiger charge is -2.13. The molecule has 0 saturated heterocycles. The van der Waals surface area contributed by atoms with Crippen LogP contribution in [-0.2, 0) is 6.42 Å². The molecular weight excluding hydrogens is 252 g/mol. The van der Waals surface area contributed by atoms with E-state index in [-0.39, 0.29) is 6.61 Å². The summed E-state index contributed by atoms with van der Waals surface area (Å²) in [6.45, 7) is 2.33. The average Bonchev–Trinajstić information content (AvgIpc) is 2.53. The normalized spacial score (nSPS) is 11.9. The molecule has 0 aliphatic rings. The molecule has 0 radical (unpaired) electrons. The van der Waals surface area contributed by atoms with Crippen LogP contribution in [0.5, 0.6) is 11.5 Å².